The molecule has 38 heavy (non-hydrogen) atoms. The topological polar surface area (TPSA) is 58.2 Å². The van der Waals surface area contributed by atoms with Gasteiger partial charge < -0.3 is 10.6 Å². The standard InChI is InChI=1S/C29H22ClF3N2O2S/c30-21-12-10-19(11-13-21)18-26(36)34-22-14-16-23(17-15-22)38-27(20-6-2-1-3-7-20)28(37)35-25-9-5-4-8-24(25)29(31,32)33/h1-17,27H,18H2,(H,34,36)(H,35,37). The zero-order valence-corrected chi connectivity index (χ0v) is 21.4. The number of carbonyl (C=O) groups is 2. The van der Waals surface area contributed by atoms with Gasteiger partial charge in [-0.25, -0.2) is 0 Å². The Kier molecular flexibility index (Phi) is 8.76. The molecule has 2 N–H and O–H groups in total. The van der Waals surface area contributed by atoms with Crippen molar-refractivity contribution in [2.75, 3.05) is 10.6 Å². The maximum absolute atomic E-state index is 13.4. The molecule has 0 bridgehead atoms. The first-order valence-corrected chi connectivity index (χ1v) is 12.8. The summed E-state index contributed by atoms with van der Waals surface area (Å²) in [4.78, 5) is 26.3. The van der Waals surface area contributed by atoms with Crippen molar-refractivity contribution in [1.82, 2.24) is 0 Å². The van der Waals surface area contributed by atoms with Crippen LogP contribution in [0.15, 0.2) is 108 Å². The van der Waals surface area contributed by atoms with E-state index in [2.05, 4.69) is 10.6 Å². The number of alkyl halides is 3. The van der Waals surface area contributed by atoms with Crippen LogP contribution in [0.2, 0.25) is 5.02 Å². The van der Waals surface area contributed by atoms with Crippen LogP contribution in [0.4, 0.5) is 24.5 Å². The molecular weight excluding hydrogens is 533 g/mol. The number of anilines is 2. The van der Waals surface area contributed by atoms with Crippen molar-refractivity contribution in [1.29, 1.82) is 0 Å². The van der Waals surface area contributed by atoms with Crippen LogP contribution in [-0.2, 0) is 22.2 Å². The summed E-state index contributed by atoms with van der Waals surface area (Å²) in [7, 11) is 0. The molecule has 0 aromatic heterocycles. The van der Waals surface area contributed by atoms with Crippen LogP contribution in [0.5, 0.6) is 0 Å². The summed E-state index contributed by atoms with van der Waals surface area (Å²) in [5.74, 6) is -0.782. The smallest absolute Gasteiger partial charge is 0.326 e. The predicted molar refractivity (Wildman–Crippen MR) is 145 cm³/mol. The molecule has 0 saturated carbocycles. The fraction of sp³-hybridized carbons (Fsp3) is 0.103. The number of benzene rings is 4. The minimum atomic E-state index is -4.60. The third-order valence-electron chi connectivity index (χ3n) is 5.50. The number of hydrogen-bond donors (Lipinski definition) is 2. The molecule has 0 aliphatic carbocycles. The number of amides is 2. The lowest BCUT2D eigenvalue weighted by molar-refractivity contribution is -0.137. The van der Waals surface area contributed by atoms with Gasteiger partial charge in [0, 0.05) is 15.6 Å². The van der Waals surface area contributed by atoms with E-state index in [9.17, 15) is 22.8 Å². The molecule has 1 unspecified atom stereocenters. The Balaban J connectivity index is 1.47. The Morgan fingerprint density at radius 1 is 0.789 bits per heavy atom. The normalized spacial score (nSPS) is 12.0. The van der Waals surface area contributed by atoms with Gasteiger partial charge in [-0.15, -0.1) is 11.8 Å². The second-order valence-electron chi connectivity index (χ2n) is 8.32. The number of rotatable bonds is 8. The second kappa shape index (κ2) is 12.2. The second-order valence-corrected chi connectivity index (χ2v) is 9.93. The highest BCUT2D eigenvalue weighted by molar-refractivity contribution is 8.00. The molecule has 0 saturated heterocycles. The molecule has 4 rings (SSSR count). The van der Waals surface area contributed by atoms with E-state index in [0.29, 0.717) is 21.2 Å². The lowest BCUT2D eigenvalue weighted by atomic mass is 10.1. The lowest BCUT2D eigenvalue weighted by Gasteiger charge is -2.19. The molecule has 0 radical (unpaired) electrons. The summed E-state index contributed by atoms with van der Waals surface area (Å²) < 4.78 is 40.3. The Bertz CT molecular complexity index is 1400. The van der Waals surface area contributed by atoms with Gasteiger partial charge in [-0.2, -0.15) is 13.2 Å². The van der Waals surface area contributed by atoms with Crippen LogP contribution in [0.25, 0.3) is 0 Å². The SMILES string of the molecule is O=C(Cc1ccc(Cl)cc1)Nc1ccc(SC(C(=O)Nc2ccccc2C(F)(F)F)c2ccccc2)cc1. The lowest BCUT2D eigenvalue weighted by Crippen LogP contribution is -2.21. The third kappa shape index (κ3) is 7.40. The van der Waals surface area contributed by atoms with Crippen LogP contribution in [0, 0.1) is 0 Å². The number of nitrogens with one attached hydrogen (secondary N) is 2. The number of para-hydroxylation sites is 1. The van der Waals surface area contributed by atoms with E-state index in [4.69, 9.17) is 11.6 Å². The predicted octanol–water partition coefficient (Wildman–Crippen LogP) is 8.01. The molecule has 0 fully saturated rings. The highest BCUT2D eigenvalue weighted by Gasteiger charge is 2.34. The van der Waals surface area contributed by atoms with E-state index in [1.807, 2.05) is 0 Å². The van der Waals surface area contributed by atoms with Gasteiger partial charge in [0.05, 0.1) is 17.7 Å². The van der Waals surface area contributed by atoms with E-state index in [-0.39, 0.29) is 18.0 Å². The summed E-state index contributed by atoms with van der Waals surface area (Å²) >= 11 is 7.08. The monoisotopic (exact) mass is 554 g/mol. The van der Waals surface area contributed by atoms with Gasteiger partial charge in [-0.05, 0) is 59.7 Å². The van der Waals surface area contributed by atoms with E-state index in [1.165, 1.54) is 30.0 Å². The fourth-order valence-corrected chi connectivity index (χ4v) is 4.83. The average Bonchev–Trinajstić information content (AvgIpc) is 2.89. The van der Waals surface area contributed by atoms with Crippen molar-refractivity contribution in [3.8, 4) is 0 Å². The summed E-state index contributed by atoms with van der Waals surface area (Å²) in [5, 5.41) is 5.06. The number of halogens is 4. The van der Waals surface area contributed by atoms with Gasteiger partial charge in [0.15, 0.2) is 0 Å². The number of carbonyl (C=O) groups excluding carboxylic acids is 2. The summed E-state index contributed by atoms with van der Waals surface area (Å²) in [6.07, 6.45) is -4.42. The van der Waals surface area contributed by atoms with Gasteiger partial charge in [0.2, 0.25) is 11.8 Å². The number of hydrogen-bond acceptors (Lipinski definition) is 3. The van der Waals surface area contributed by atoms with Gasteiger partial charge in [0.25, 0.3) is 0 Å². The maximum atomic E-state index is 13.4. The van der Waals surface area contributed by atoms with Gasteiger partial charge in [-0.3, -0.25) is 9.59 Å². The van der Waals surface area contributed by atoms with Crippen molar-refractivity contribution in [2.45, 2.75) is 22.7 Å². The molecule has 4 aromatic carbocycles. The maximum Gasteiger partial charge on any atom is 0.418 e. The van der Waals surface area contributed by atoms with Crippen molar-refractivity contribution >= 4 is 46.6 Å². The Labute approximate surface area is 227 Å². The molecule has 4 aromatic rings. The minimum Gasteiger partial charge on any atom is -0.326 e. The highest BCUT2D eigenvalue weighted by Crippen LogP contribution is 2.39. The first-order chi connectivity index (χ1) is 18.2. The molecule has 1 atom stereocenters. The summed E-state index contributed by atoms with van der Waals surface area (Å²) in [6, 6.07) is 27.6. The first-order valence-electron chi connectivity index (χ1n) is 11.5. The molecule has 9 heteroatoms. The fourth-order valence-electron chi connectivity index (χ4n) is 3.68. The van der Waals surface area contributed by atoms with Gasteiger partial charge in [0.1, 0.15) is 5.25 Å². The average molecular weight is 555 g/mol. The zero-order chi connectivity index (χ0) is 27.1. The summed E-state index contributed by atoms with van der Waals surface area (Å²) in [5.41, 5.74) is 0.824. The van der Waals surface area contributed by atoms with Crippen LogP contribution >= 0.6 is 23.4 Å². The van der Waals surface area contributed by atoms with Crippen molar-refractivity contribution in [3.05, 3.63) is 125 Å². The first kappa shape index (κ1) is 27.3. The van der Waals surface area contributed by atoms with E-state index >= 15 is 0 Å². The molecule has 4 nitrogen and oxygen atoms in total. The quantitative estimate of drug-likeness (QED) is 0.217. The molecule has 0 heterocycles. The van der Waals surface area contributed by atoms with Gasteiger partial charge in [-0.1, -0.05) is 66.2 Å². The molecule has 0 aliphatic rings. The molecular formula is C29H22ClF3N2O2S. The van der Waals surface area contributed by atoms with Crippen LogP contribution < -0.4 is 10.6 Å². The number of thioether (sulfide) groups is 1. The molecule has 0 spiro atoms. The van der Waals surface area contributed by atoms with E-state index in [0.717, 1.165) is 11.6 Å². The Morgan fingerprint density at radius 2 is 1.42 bits per heavy atom. The van der Waals surface area contributed by atoms with E-state index in [1.54, 1.807) is 78.9 Å². The Morgan fingerprint density at radius 3 is 2.08 bits per heavy atom. The molecule has 2 amide bonds. The highest BCUT2D eigenvalue weighted by atomic mass is 35.5. The van der Waals surface area contributed by atoms with E-state index < -0.39 is 22.9 Å². The van der Waals surface area contributed by atoms with Crippen molar-refractivity contribution in [2.24, 2.45) is 0 Å². The van der Waals surface area contributed by atoms with Crippen LogP contribution in [0.1, 0.15) is 21.9 Å². The summed E-state index contributed by atoms with van der Waals surface area (Å²) in [6.45, 7) is 0. The Hall–Kier alpha value is -3.75. The molecule has 194 valence electrons. The zero-order valence-electron chi connectivity index (χ0n) is 19.8. The third-order valence-corrected chi connectivity index (χ3v) is 7.02. The minimum absolute atomic E-state index is 0.184. The molecule has 0 aliphatic heterocycles. The van der Waals surface area contributed by atoms with Crippen LogP contribution in [0.3, 0.4) is 0 Å². The largest absolute Gasteiger partial charge is 0.418 e. The van der Waals surface area contributed by atoms with Gasteiger partial charge >= 0.3 is 6.18 Å². The van der Waals surface area contributed by atoms with Crippen molar-refractivity contribution < 1.29 is 22.8 Å². The van der Waals surface area contributed by atoms with Crippen molar-refractivity contribution in [3.63, 3.8) is 0 Å². The van der Waals surface area contributed by atoms with Crippen LogP contribution in [-0.4, -0.2) is 11.8 Å².